The lowest BCUT2D eigenvalue weighted by Crippen LogP contribution is -2.65. The molecule has 0 spiro atoms. The Kier molecular flexibility index (Phi) is 5.12. The molecule has 2 aliphatic rings. The number of hydrogen-bond donors (Lipinski definition) is 0. The summed E-state index contributed by atoms with van der Waals surface area (Å²) >= 11 is 0. The first-order valence-electron chi connectivity index (χ1n) is 10.7. The molecule has 0 heterocycles. The minimum Gasteiger partial charge on any atom is -0.0679 e. The van der Waals surface area contributed by atoms with Gasteiger partial charge in [-0.25, -0.2) is 0 Å². The molecule has 148 valence electrons. The zero-order valence-electron chi connectivity index (χ0n) is 18.6. The monoisotopic (exact) mass is 396 g/mol. The molecule has 0 amide bonds. The van der Waals surface area contributed by atoms with Crippen LogP contribution in [0.25, 0.3) is 0 Å². The van der Waals surface area contributed by atoms with Crippen LogP contribution in [-0.2, 0) is 0 Å². The van der Waals surface area contributed by atoms with E-state index in [4.69, 9.17) is 0 Å². The van der Waals surface area contributed by atoms with Crippen molar-refractivity contribution in [2.75, 3.05) is 0 Å². The van der Waals surface area contributed by atoms with Crippen molar-refractivity contribution in [3.63, 3.8) is 0 Å². The molecule has 4 rings (SSSR count). The lowest BCUT2D eigenvalue weighted by Gasteiger charge is -2.46. The first kappa shape index (κ1) is 19.9. The molecule has 2 aromatic rings. The van der Waals surface area contributed by atoms with E-state index in [0.29, 0.717) is 11.1 Å². The summed E-state index contributed by atoms with van der Waals surface area (Å²) in [6, 6.07) is 22.9. The van der Waals surface area contributed by atoms with Gasteiger partial charge in [0.1, 0.15) is 8.07 Å². The van der Waals surface area contributed by atoms with Gasteiger partial charge in [0.05, 0.1) is 0 Å². The van der Waals surface area contributed by atoms with Crippen molar-refractivity contribution in [2.24, 2.45) is 0 Å². The van der Waals surface area contributed by atoms with Gasteiger partial charge < -0.3 is 0 Å². The summed E-state index contributed by atoms with van der Waals surface area (Å²) in [5, 5.41) is 3.09. The molecule has 0 aromatic heterocycles. The molecule has 2 atom stereocenters. The Labute approximate surface area is 177 Å². The fraction of sp³-hybridized carbons (Fsp3) is 0.286. The van der Waals surface area contributed by atoms with Gasteiger partial charge in [-0.2, -0.15) is 0 Å². The third kappa shape index (κ3) is 2.95. The van der Waals surface area contributed by atoms with E-state index in [1.165, 1.54) is 22.3 Å². The van der Waals surface area contributed by atoms with Gasteiger partial charge in [-0.05, 0) is 41.5 Å². The smallest absolute Gasteiger partial charge is 0.0679 e. The first-order chi connectivity index (χ1) is 13.9. The van der Waals surface area contributed by atoms with Gasteiger partial charge in [-0.15, -0.1) is 0 Å². The van der Waals surface area contributed by atoms with Crippen LogP contribution in [-0.4, -0.2) is 8.07 Å². The fourth-order valence-corrected chi connectivity index (χ4v) is 13.0. The summed E-state index contributed by atoms with van der Waals surface area (Å²) in [5.41, 5.74) is 10.1. The van der Waals surface area contributed by atoms with Gasteiger partial charge in [-0.1, -0.05) is 117 Å². The molecule has 29 heavy (non-hydrogen) atoms. The van der Waals surface area contributed by atoms with Gasteiger partial charge in [-0.3, -0.25) is 0 Å². The van der Waals surface area contributed by atoms with Crippen molar-refractivity contribution in [3.05, 3.63) is 106 Å². The van der Waals surface area contributed by atoms with Crippen molar-refractivity contribution < 1.29 is 0 Å². The topological polar surface area (TPSA) is 0 Å². The summed E-state index contributed by atoms with van der Waals surface area (Å²) < 4.78 is 0. The predicted octanol–water partition coefficient (Wildman–Crippen LogP) is 6.58. The van der Waals surface area contributed by atoms with Crippen LogP contribution in [0.3, 0.4) is 0 Å². The zero-order valence-corrected chi connectivity index (χ0v) is 19.6. The van der Waals surface area contributed by atoms with Crippen molar-refractivity contribution in [1.29, 1.82) is 0 Å². The number of rotatable bonds is 4. The SMILES string of the molecule is CC1=CC(C)=C(C)C1[Si](c1ccccc1)(c1ccccc1)C1C(C)=CC(C)=C1C. The van der Waals surface area contributed by atoms with Crippen LogP contribution < -0.4 is 10.4 Å². The Morgan fingerprint density at radius 2 is 0.862 bits per heavy atom. The molecule has 0 nitrogen and oxygen atoms in total. The van der Waals surface area contributed by atoms with E-state index >= 15 is 0 Å². The Morgan fingerprint density at radius 1 is 0.517 bits per heavy atom. The maximum absolute atomic E-state index is 2.44. The van der Waals surface area contributed by atoms with Gasteiger partial charge in [0.25, 0.3) is 0 Å². The van der Waals surface area contributed by atoms with E-state index in [0.717, 1.165) is 0 Å². The van der Waals surface area contributed by atoms with Gasteiger partial charge in [0, 0.05) is 11.1 Å². The van der Waals surface area contributed by atoms with Gasteiger partial charge in [0.15, 0.2) is 0 Å². The first-order valence-corrected chi connectivity index (χ1v) is 12.9. The van der Waals surface area contributed by atoms with Crippen LogP contribution in [0.1, 0.15) is 41.5 Å². The molecule has 2 aromatic carbocycles. The highest BCUT2D eigenvalue weighted by Gasteiger charge is 2.54. The highest BCUT2D eigenvalue weighted by Crippen LogP contribution is 2.53. The van der Waals surface area contributed by atoms with E-state index in [9.17, 15) is 0 Å². The summed E-state index contributed by atoms with van der Waals surface area (Å²) in [6.45, 7) is 14.1. The van der Waals surface area contributed by atoms with E-state index < -0.39 is 8.07 Å². The van der Waals surface area contributed by atoms with E-state index in [1.807, 2.05) is 0 Å². The molecule has 1 heteroatoms. The maximum atomic E-state index is 2.44. The molecule has 0 aliphatic heterocycles. The lowest BCUT2D eigenvalue weighted by atomic mass is 10.1. The third-order valence-electron chi connectivity index (χ3n) is 7.32. The van der Waals surface area contributed by atoms with Crippen molar-refractivity contribution in [2.45, 2.75) is 52.6 Å². The normalized spacial score (nSPS) is 22.3. The second kappa shape index (κ2) is 7.46. The largest absolute Gasteiger partial charge is 0.139 e. The Morgan fingerprint density at radius 3 is 1.14 bits per heavy atom. The Balaban J connectivity index is 2.14. The second-order valence-electron chi connectivity index (χ2n) is 8.98. The predicted molar refractivity (Wildman–Crippen MR) is 130 cm³/mol. The molecule has 0 saturated heterocycles. The highest BCUT2D eigenvalue weighted by molar-refractivity contribution is 7.06. The molecular weight excluding hydrogens is 364 g/mol. The minimum atomic E-state index is -2.27. The van der Waals surface area contributed by atoms with E-state index in [2.05, 4.69) is 114 Å². The Hall–Kier alpha value is -2.38. The van der Waals surface area contributed by atoms with Crippen LogP contribution in [0.2, 0.25) is 11.1 Å². The average molecular weight is 397 g/mol. The fourth-order valence-electron chi connectivity index (χ4n) is 6.04. The number of hydrogen-bond acceptors (Lipinski definition) is 0. The molecule has 0 bridgehead atoms. The minimum absolute atomic E-state index is 0.487. The van der Waals surface area contributed by atoms with Crippen LogP contribution in [0.4, 0.5) is 0 Å². The molecule has 2 unspecified atom stereocenters. The summed E-state index contributed by atoms with van der Waals surface area (Å²) in [7, 11) is -2.27. The third-order valence-corrected chi connectivity index (χ3v) is 13.5. The van der Waals surface area contributed by atoms with Crippen LogP contribution in [0.15, 0.2) is 106 Å². The average Bonchev–Trinajstić information content (AvgIpc) is 3.13. The molecule has 2 aliphatic carbocycles. The molecule has 0 N–H and O–H groups in total. The van der Waals surface area contributed by atoms with Crippen molar-refractivity contribution in [3.8, 4) is 0 Å². The highest BCUT2D eigenvalue weighted by atomic mass is 28.3. The molecule has 0 fully saturated rings. The summed E-state index contributed by atoms with van der Waals surface area (Å²) in [6.07, 6.45) is 4.88. The van der Waals surface area contributed by atoms with Gasteiger partial charge in [0.2, 0.25) is 0 Å². The van der Waals surface area contributed by atoms with Gasteiger partial charge >= 0.3 is 0 Å². The lowest BCUT2D eigenvalue weighted by molar-refractivity contribution is 0.999. The van der Waals surface area contributed by atoms with Crippen LogP contribution >= 0.6 is 0 Å². The number of benzene rings is 2. The van der Waals surface area contributed by atoms with E-state index in [1.54, 1.807) is 21.5 Å². The quantitative estimate of drug-likeness (QED) is 0.512. The zero-order chi connectivity index (χ0) is 20.8. The number of allylic oxidation sites excluding steroid dienone is 8. The second-order valence-corrected chi connectivity index (χ2v) is 13.0. The standard InChI is InChI=1S/C28H32Si/c1-19-17-21(3)27(23(19)5)29(25-13-9-7-10-14-25,26-15-11-8-12-16-26)28-22(4)18-20(2)24(28)6/h7-18,27-28H,1-6H3. The maximum Gasteiger partial charge on any atom is 0.139 e. The van der Waals surface area contributed by atoms with Crippen LogP contribution in [0, 0.1) is 0 Å². The van der Waals surface area contributed by atoms with Crippen molar-refractivity contribution in [1.82, 2.24) is 0 Å². The molecular formula is C28H32Si. The summed E-state index contributed by atoms with van der Waals surface area (Å²) in [5.74, 6) is 0. The van der Waals surface area contributed by atoms with E-state index in [-0.39, 0.29) is 0 Å². The van der Waals surface area contributed by atoms with Crippen LogP contribution in [0.5, 0.6) is 0 Å². The summed E-state index contributed by atoms with van der Waals surface area (Å²) in [4.78, 5) is 0. The molecule has 0 saturated carbocycles. The van der Waals surface area contributed by atoms with Crippen molar-refractivity contribution >= 4 is 18.4 Å². The Bertz CT molecular complexity index is 961. The molecule has 0 radical (unpaired) electrons.